The number of hydrogen-bond donors (Lipinski definition) is 1. The molecule has 1 unspecified atom stereocenters. The van der Waals surface area contributed by atoms with E-state index in [4.69, 9.17) is 0 Å². The topological polar surface area (TPSA) is 29.9 Å². The number of nitrogens with zero attached hydrogens (tertiary/aromatic N) is 2. The summed E-state index contributed by atoms with van der Waals surface area (Å²) in [6.45, 7) is 4.74. The zero-order valence-corrected chi connectivity index (χ0v) is 13.7. The highest BCUT2D eigenvalue weighted by molar-refractivity contribution is 5.02. The zero-order chi connectivity index (χ0) is 14.6. The van der Waals surface area contributed by atoms with Crippen LogP contribution in [0.3, 0.4) is 0 Å². The van der Waals surface area contributed by atoms with Crippen LogP contribution < -0.4 is 5.32 Å². The van der Waals surface area contributed by atoms with Gasteiger partial charge in [-0.25, -0.2) is 0 Å². The van der Waals surface area contributed by atoms with Crippen LogP contribution in [0.4, 0.5) is 0 Å². The van der Waals surface area contributed by atoms with E-state index < -0.39 is 0 Å². The van der Waals surface area contributed by atoms with Gasteiger partial charge in [0.15, 0.2) is 0 Å². The van der Waals surface area contributed by atoms with Crippen LogP contribution in [0, 0.1) is 11.3 Å². The van der Waals surface area contributed by atoms with E-state index in [1.165, 1.54) is 44.2 Å². The second-order valence-corrected chi connectivity index (χ2v) is 6.99. The zero-order valence-electron chi connectivity index (χ0n) is 13.7. The van der Waals surface area contributed by atoms with Crippen molar-refractivity contribution in [3.05, 3.63) is 18.0 Å². The van der Waals surface area contributed by atoms with E-state index in [1.54, 1.807) is 0 Å². The van der Waals surface area contributed by atoms with Gasteiger partial charge in [-0.15, -0.1) is 0 Å². The molecule has 1 aliphatic carbocycles. The monoisotopic (exact) mass is 277 g/mol. The third-order valence-electron chi connectivity index (χ3n) is 5.11. The number of rotatable bonds is 7. The molecule has 0 aliphatic heterocycles. The lowest BCUT2D eigenvalue weighted by atomic mass is 9.71. The highest BCUT2D eigenvalue weighted by Gasteiger charge is 2.40. The predicted molar refractivity (Wildman–Crippen MR) is 84.7 cm³/mol. The lowest BCUT2D eigenvalue weighted by molar-refractivity contribution is 0.153. The fourth-order valence-corrected chi connectivity index (χ4v) is 4.28. The third-order valence-corrected chi connectivity index (χ3v) is 5.11. The first-order valence-electron chi connectivity index (χ1n) is 8.21. The highest BCUT2D eigenvalue weighted by atomic mass is 15.2. The average molecular weight is 277 g/mol. The van der Waals surface area contributed by atoms with Crippen molar-refractivity contribution in [1.29, 1.82) is 0 Å². The normalized spacial score (nSPS) is 19.6. The molecule has 0 amide bonds. The lowest BCUT2D eigenvalue weighted by Crippen LogP contribution is -2.43. The molecule has 3 heteroatoms. The van der Waals surface area contributed by atoms with Gasteiger partial charge in [-0.3, -0.25) is 4.68 Å². The Morgan fingerprint density at radius 1 is 1.35 bits per heavy atom. The molecule has 114 valence electrons. The standard InChI is InChI=1S/C17H31N3/c1-14(2)13-17(10-5-6-11-17)16(18-3)8-7-15-9-12-19-20(15)4/h9,12,14,16,18H,5-8,10-11,13H2,1-4H3. The van der Waals surface area contributed by atoms with Gasteiger partial charge in [0.2, 0.25) is 0 Å². The molecular formula is C17H31N3. The molecule has 1 fully saturated rings. The molecule has 1 saturated carbocycles. The largest absolute Gasteiger partial charge is 0.316 e. The minimum atomic E-state index is 0.529. The van der Waals surface area contributed by atoms with E-state index in [9.17, 15) is 0 Å². The Morgan fingerprint density at radius 2 is 2.05 bits per heavy atom. The Balaban J connectivity index is 2.03. The summed E-state index contributed by atoms with van der Waals surface area (Å²) < 4.78 is 2.01. The molecule has 0 saturated heterocycles. The van der Waals surface area contributed by atoms with E-state index in [2.05, 4.69) is 37.4 Å². The van der Waals surface area contributed by atoms with Crippen molar-refractivity contribution in [2.45, 2.75) is 64.8 Å². The lowest BCUT2D eigenvalue weighted by Gasteiger charge is -2.39. The van der Waals surface area contributed by atoms with Gasteiger partial charge in [0.05, 0.1) is 0 Å². The molecule has 1 aromatic rings. The van der Waals surface area contributed by atoms with Crippen molar-refractivity contribution in [3.8, 4) is 0 Å². The molecule has 0 aromatic carbocycles. The van der Waals surface area contributed by atoms with Crippen molar-refractivity contribution >= 4 is 0 Å². The summed E-state index contributed by atoms with van der Waals surface area (Å²) in [6, 6.07) is 2.79. The summed E-state index contributed by atoms with van der Waals surface area (Å²) in [5, 5.41) is 7.92. The third kappa shape index (κ3) is 3.43. The molecule has 1 atom stereocenters. The number of aryl methyl sites for hydroxylation is 2. The molecule has 0 bridgehead atoms. The Bertz CT molecular complexity index is 402. The number of hydrogen-bond acceptors (Lipinski definition) is 2. The smallest absolute Gasteiger partial charge is 0.0492 e. The molecule has 1 N–H and O–H groups in total. The SMILES string of the molecule is CNC(CCc1ccnn1C)C1(CC(C)C)CCCC1. The van der Waals surface area contributed by atoms with E-state index in [1.807, 2.05) is 17.9 Å². The summed E-state index contributed by atoms with van der Waals surface area (Å²) in [6.07, 6.45) is 11.3. The fraction of sp³-hybridized carbons (Fsp3) is 0.824. The average Bonchev–Trinajstić information content (AvgIpc) is 3.00. The van der Waals surface area contributed by atoms with Crippen LogP contribution in [0.1, 0.15) is 58.1 Å². The van der Waals surface area contributed by atoms with Crippen LogP contribution in [0.25, 0.3) is 0 Å². The first kappa shape index (κ1) is 15.6. The van der Waals surface area contributed by atoms with Gasteiger partial charge in [0, 0.05) is 25.0 Å². The van der Waals surface area contributed by atoms with Crippen molar-refractivity contribution in [2.75, 3.05) is 7.05 Å². The summed E-state index contributed by atoms with van der Waals surface area (Å²) in [4.78, 5) is 0. The number of nitrogens with one attached hydrogen (secondary N) is 1. The summed E-state index contributed by atoms with van der Waals surface area (Å²) >= 11 is 0. The molecular weight excluding hydrogens is 246 g/mol. The van der Waals surface area contributed by atoms with E-state index in [-0.39, 0.29) is 0 Å². The first-order chi connectivity index (χ1) is 9.57. The molecule has 20 heavy (non-hydrogen) atoms. The molecule has 1 aromatic heterocycles. The highest BCUT2D eigenvalue weighted by Crippen LogP contribution is 2.46. The minimum Gasteiger partial charge on any atom is -0.316 e. The predicted octanol–water partition coefficient (Wildman–Crippen LogP) is 3.55. The molecule has 0 spiro atoms. The van der Waals surface area contributed by atoms with Gasteiger partial charge >= 0.3 is 0 Å². The van der Waals surface area contributed by atoms with Gasteiger partial charge in [-0.2, -0.15) is 5.10 Å². The minimum absolute atomic E-state index is 0.529. The summed E-state index contributed by atoms with van der Waals surface area (Å²) in [5.74, 6) is 0.792. The van der Waals surface area contributed by atoms with Gasteiger partial charge < -0.3 is 5.32 Å². The number of aromatic nitrogens is 2. The second kappa shape index (κ2) is 6.75. The van der Waals surface area contributed by atoms with E-state index >= 15 is 0 Å². The Labute approximate surface area is 124 Å². The van der Waals surface area contributed by atoms with Crippen LogP contribution in [0.5, 0.6) is 0 Å². The summed E-state index contributed by atoms with van der Waals surface area (Å²) in [7, 11) is 4.19. The molecule has 1 aliphatic rings. The second-order valence-electron chi connectivity index (χ2n) is 6.99. The first-order valence-corrected chi connectivity index (χ1v) is 8.21. The molecule has 2 rings (SSSR count). The van der Waals surface area contributed by atoms with Gasteiger partial charge in [-0.05, 0) is 56.6 Å². The Morgan fingerprint density at radius 3 is 2.55 bits per heavy atom. The van der Waals surface area contributed by atoms with Crippen LogP contribution in [0.2, 0.25) is 0 Å². The Hall–Kier alpha value is -0.830. The molecule has 1 heterocycles. The maximum Gasteiger partial charge on any atom is 0.0492 e. The summed E-state index contributed by atoms with van der Waals surface area (Å²) in [5.41, 5.74) is 1.88. The van der Waals surface area contributed by atoms with Crippen molar-refractivity contribution in [3.63, 3.8) is 0 Å². The van der Waals surface area contributed by atoms with Gasteiger partial charge in [-0.1, -0.05) is 26.7 Å². The van der Waals surface area contributed by atoms with Crippen LogP contribution in [0.15, 0.2) is 12.3 Å². The van der Waals surface area contributed by atoms with Gasteiger partial charge in [0.25, 0.3) is 0 Å². The van der Waals surface area contributed by atoms with Gasteiger partial charge in [0.1, 0.15) is 0 Å². The fourth-order valence-electron chi connectivity index (χ4n) is 4.28. The van der Waals surface area contributed by atoms with E-state index in [0.717, 1.165) is 12.3 Å². The molecule has 0 radical (unpaired) electrons. The quantitative estimate of drug-likeness (QED) is 0.826. The maximum atomic E-state index is 4.28. The van der Waals surface area contributed by atoms with Crippen molar-refractivity contribution in [2.24, 2.45) is 18.4 Å². The van der Waals surface area contributed by atoms with Crippen molar-refractivity contribution < 1.29 is 0 Å². The Kier molecular flexibility index (Phi) is 5.25. The van der Waals surface area contributed by atoms with Crippen LogP contribution in [-0.2, 0) is 13.5 Å². The van der Waals surface area contributed by atoms with E-state index in [0.29, 0.717) is 11.5 Å². The van der Waals surface area contributed by atoms with Crippen LogP contribution in [-0.4, -0.2) is 22.9 Å². The maximum absolute atomic E-state index is 4.28. The van der Waals surface area contributed by atoms with Crippen molar-refractivity contribution in [1.82, 2.24) is 15.1 Å². The van der Waals surface area contributed by atoms with Crippen LogP contribution >= 0.6 is 0 Å². The molecule has 3 nitrogen and oxygen atoms in total.